The molecule has 0 aromatic heterocycles. The van der Waals surface area contributed by atoms with E-state index in [0.717, 1.165) is 38.5 Å². The van der Waals surface area contributed by atoms with Gasteiger partial charge in [-0.05, 0) is 106 Å². The van der Waals surface area contributed by atoms with Crippen molar-refractivity contribution in [1.29, 1.82) is 0 Å². The molecule has 4 rings (SSSR count). The number of nitrogens with zero attached hydrogens (tertiary/aromatic N) is 2. The van der Waals surface area contributed by atoms with Crippen molar-refractivity contribution in [1.82, 2.24) is 10.1 Å². The van der Waals surface area contributed by atoms with Crippen LogP contribution in [0.1, 0.15) is 93.9 Å². The van der Waals surface area contributed by atoms with E-state index >= 15 is 0 Å². The molecular formula is C34H48N2O4. The SMILES string of the molecule is CC1(C)CCCC(C)(C)N1OC(=O)C1=C[C@H]([C@H]2C=CC=CC(C(=O)ON3C(C)(C)CCCC3(C)C)=C2)C=CC=C1. The van der Waals surface area contributed by atoms with E-state index in [1.54, 1.807) is 12.2 Å². The van der Waals surface area contributed by atoms with Gasteiger partial charge in [0.15, 0.2) is 0 Å². The minimum absolute atomic E-state index is 0.137. The van der Waals surface area contributed by atoms with Crippen molar-refractivity contribution in [3.63, 3.8) is 0 Å². The molecule has 2 heterocycles. The van der Waals surface area contributed by atoms with Crippen molar-refractivity contribution in [2.24, 2.45) is 11.8 Å². The third-order valence-corrected chi connectivity index (χ3v) is 8.80. The molecule has 218 valence electrons. The number of hydrogen-bond donors (Lipinski definition) is 0. The Bertz CT molecular complexity index is 1050. The summed E-state index contributed by atoms with van der Waals surface area (Å²) >= 11 is 0. The van der Waals surface area contributed by atoms with Gasteiger partial charge in [0.1, 0.15) is 0 Å². The normalized spacial score (nSPS) is 29.1. The van der Waals surface area contributed by atoms with Gasteiger partial charge < -0.3 is 9.68 Å². The van der Waals surface area contributed by atoms with E-state index in [9.17, 15) is 9.59 Å². The van der Waals surface area contributed by atoms with Crippen LogP contribution in [0.4, 0.5) is 0 Å². The van der Waals surface area contributed by atoms with E-state index < -0.39 is 0 Å². The van der Waals surface area contributed by atoms with Gasteiger partial charge in [0, 0.05) is 11.8 Å². The average Bonchev–Trinajstić information content (AvgIpc) is 3.24. The smallest absolute Gasteiger partial charge is 0.356 e. The van der Waals surface area contributed by atoms with E-state index in [1.165, 1.54) is 0 Å². The largest absolute Gasteiger partial charge is 0.363 e. The minimum atomic E-state index is -0.359. The molecule has 2 fully saturated rings. The second kappa shape index (κ2) is 11.3. The monoisotopic (exact) mass is 548 g/mol. The summed E-state index contributed by atoms with van der Waals surface area (Å²) in [5.74, 6) is -0.993. The maximum atomic E-state index is 13.5. The van der Waals surface area contributed by atoms with Crippen LogP contribution >= 0.6 is 0 Å². The predicted molar refractivity (Wildman–Crippen MR) is 160 cm³/mol. The van der Waals surface area contributed by atoms with Gasteiger partial charge in [0.2, 0.25) is 0 Å². The van der Waals surface area contributed by atoms with Crippen LogP contribution in [0.3, 0.4) is 0 Å². The Kier molecular flexibility index (Phi) is 8.54. The Morgan fingerprint density at radius 1 is 0.600 bits per heavy atom. The van der Waals surface area contributed by atoms with Crippen molar-refractivity contribution in [2.75, 3.05) is 0 Å². The molecule has 4 aliphatic rings. The topological polar surface area (TPSA) is 59.1 Å². The number of hydroxylamine groups is 4. The van der Waals surface area contributed by atoms with Gasteiger partial charge in [0.05, 0.1) is 33.3 Å². The van der Waals surface area contributed by atoms with Crippen LogP contribution in [-0.2, 0) is 19.3 Å². The maximum absolute atomic E-state index is 13.5. The molecular weight excluding hydrogens is 500 g/mol. The highest BCUT2D eigenvalue weighted by Crippen LogP contribution is 2.40. The zero-order valence-electron chi connectivity index (χ0n) is 25.7. The van der Waals surface area contributed by atoms with E-state index in [0.29, 0.717) is 11.1 Å². The van der Waals surface area contributed by atoms with Gasteiger partial charge in [-0.25, -0.2) is 9.59 Å². The molecule has 0 spiro atoms. The summed E-state index contributed by atoms with van der Waals surface area (Å²) in [6.07, 6.45) is 25.4. The standard InChI is InChI=1S/C34H48N2O4/c1-31(2)19-13-20-32(3,4)35(31)39-29(37)27-17-11-9-15-25(23-27)26-16-10-12-18-28(24-26)30(38)40-36-33(5,6)21-14-22-34(36,7)8/h9-12,15-18,23-26H,13-14,19-22H2,1-8H3/t25-,26+. The fourth-order valence-electron chi connectivity index (χ4n) is 6.81. The lowest BCUT2D eigenvalue weighted by Crippen LogP contribution is -2.58. The highest BCUT2D eigenvalue weighted by molar-refractivity contribution is 5.92. The fourth-order valence-corrected chi connectivity index (χ4v) is 6.81. The van der Waals surface area contributed by atoms with Crippen molar-refractivity contribution in [3.05, 3.63) is 71.9 Å². The molecule has 2 aliphatic heterocycles. The Balaban J connectivity index is 1.54. The summed E-state index contributed by atoms with van der Waals surface area (Å²) in [5.41, 5.74) is 0.0499. The predicted octanol–water partition coefficient (Wildman–Crippen LogP) is 7.33. The van der Waals surface area contributed by atoms with Gasteiger partial charge in [-0.15, -0.1) is 10.1 Å². The second-order valence-electron chi connectivity index (χ2n) is 14.2. The van der Waals surface area contributed by atoms with Crippen LogP contribution < -0.4 is 0 Å². The van der Waals surface area contributed by atoms with E-state index in [2.05, 4.69) is 67.5 Å². The molecule has 2 atom stereocenters. The lowest BCUT2D eigenvalue weighted by atomic mass is 9.82. The summed E-state index contributed by atoms with van der Waals surface area (Å²) in [6, 6.07) is 0. The number of allylic oxidation sites excluding steroid dienone is 8. The van der Waals surface area contributed by atoms with Crippen molar-refractivity contribution < 1.29 is 19.3 Å². The van der Waals surface area contributed by atoms with E-state index in [-0.39, 0.29) is 45.9 Å². The van der Waals surface area contributed by atoms with Gasteiger partial charge in [-0.3, -0.25) is 0 Å². The Labute approximate surface area is 241 Å². The number of hydrogen-bond acceptors (Lipinski definition) is 6. The quantitative estimate of drug-likeness (QED) is 0.359. The first-order chi connectivity index (χ1) is 18.6. The minimum Gasteiger partial charge on any atom is -0.363 e. The summed E-state index contributed by atoms with van der Waals surface area (Å²) in [5, 5.41) is 3.78. The number of carbonyl (C=O) groups is 2. The van der Waals surface area contributed by atoms with E-state index in [4.69, 9.17) is 9.68 Å². The van der Waals surface area contributed by atoms with Crippen molar-refractivity contribution in [3.8, 4) is 0 Å². The van der Waals surface area contributed by atoms with Crippen LogP contribution in [0.25, 0.3) is 0 Å². The first-order valence-corrected chi connectivity index (χ1v) is 14.8. The molecule has 0 bridgehead atoms. The van der Waals surface area contributed by atoms with Gasteiger partial charge in [0.25, 0.3) is 0 Å². The Hall–Kier alpha value is -2.70. The van der Waals surface area contributed by atoms with Gasteiger partial charge in [-0.2, -0.15) is 0 Å². The highest BCUT2D eigenvalue weighted by Gasteiger charge is 2.46. The summed E-state index contributed by atoms with van der Waals surface area (Å²) in [6.45, 7) is 17.0. The summed E-state index contributed by atoms with van der Waals surface area (Å²) in [7, 11) is 0. The van der Waals surface area contributed by atoms with Gasteiger partial charge >= 0.3 is 11.9 Å². The molecule has 6 nitrogen and oxygen atoms in total. The molecule has 2 saturated heterocycles. The fraction of sp³-hybridized carbons (Fsp3) is 0.588. The highest BCUT2D eigenvalue weighted by atomic mass is 16.7. The molecule has 0 amide bonds. The van der Waals surface area contributed by atoms with Gasteiger partial charge in [-0.1, -0.05) is 48.6 Å². The van der Waals surface area contributed by atoms with Crippen molar-refractivity contribution in [2.45, 2.75) is 116 Å². The summed E-state index contributed by atoms with van der Waals surface area (Å²) < 4.78 is 0. The van der Waals surface area contributed by atoms with Crippen LogP contribution in [0.5, 0.6) is 0 Å². The van der Waals surface area contributed by atoms with Crippen molar-refractivity contribution >= 4 is 11.9 Å². The Morgan fingerprint density at radius 2 is 0.925 bits per heavy atom. The molecule has 0 saturated carbocycles. The average molecular weight is 549 g/mol. The zero-order chi connectivity index (χ0) is 29.3. The second-order valence-corrected chi connectivity index (χ2v) is 14.2. The molecule has 0 radical (unpaired) electrons. The van der Waals surface area contributed by atoms with Crippen LogP contribution in [-0.4, -0.2) is 44.2 Å². The summed E-state index contributed by atoms with van der Waals surface area (Å²) in [4.78, 5) is 39.1. The maximum Gasteiger partial charge on any atom is 0.356 e. The zero-order valence-corrected chi connectivity index (χ0v) is 25.7. The third-order valence-electron chi connectivity index (χ3n) is 8.80. The molecule has 6 heteroatoms. The Morgan fingerprint density at radius 3 is 1.25 bits per heavy atom. The molecule has 0 unspecified atom stereocenters. The molecule has 0 aromatic rings. The van der Waals surface area contributed by atoms with Crippen LogP contribution in [0.2, 0.25) is 0 Å². The molecule has 2 aliphatic carbocycles. The van der Waals surface area contributed by atoms with Crippen LogP contribution in [0.15, 0.2) is 71.9 Å². The lowest BCUT2D eigenvalue weighted by molar-refractivity contribution is -0.262. The molecule has 0 aromatic carbocycles. The van der Waals surface area contributed by atoms with E-state index in [1.807, 2.05) is 46.6 Å². The number of carbonyl (C=O) groups excluding carboxylic acids is 2. The number of piperidine rings is 2. The third kappa shape index (κ3) is 6.60. The first kappa shape index (κ1) is 30.3. The van der Waals surface area contributed by atoms with Crippen LogP contribution in [0, 0.1) is 11.8 Å². The molecule has 40 heavy (non-hydrogen) atoms. The molecule has 0 N–H and O–H groups in total. The number of rotatable bonds is 5. The lowest BCUT2D eigenvalue weighted by Gasteiger charge is -2.50. The first-order valence-electron chi connectivity index (χ1n) is 14.8.